The minimum Gasteiger partial charge on any atom is -0.387 e. The number of benzene rings is 1. The van der Waals surface area contributed by atoms with Crippen LogP contribution in [0, 0.1) is 5.82 Å². The summed E-state index contributed by atoms with van der Waals surface area (Å²) in [5.74, 6) is -1.23. The number of aliphatic hydroxyl groups excluding tert-OH is 1. The van der Waals surface area contributed by atoms with Gasteiger partial charge in [0.1, 0.15) is 12.4 Å². The van der Waals surface area contributed by atoms with E-state index in [9.17, 15) is 14.0 Å². The maximum Gasteiger partial charge on any atom is 0.251 e. The maximum atomic E-state index is 14.4. The van der Waals surface area contributed by atoms with Crippen molar-refractivity contribution in [3.05, 3.63) is 39.2 Å². The molecule has 0 fully saturated rings. The quantitative estimate of drug-likeness (QED) is 0.855. The Morgan fingerprint density at radius 1 is 1.48 bits per heavy atom. The van der Waals surface area contributed by atoms with Crippen molar-refractivity contribution >= 4 is 29.0 Å². The van der Waals surface area contributed by atoms with Gasteiger partial charge in [-0.05, 0) is 30.0 Å². The summed E-state index contributed by atoms with van der Waals surface area (Å²) in [5.41, 5.74) is 3.09. The molecule has 1 aliphatic carbocycles. The SMILES string of the molecule is CNC(=O)c1cc(Cl)c(F)c2c1C1=C(CCN(C(=O)CO)C1)C2. The number of fused-ring (bicyclic) bond motifs is 2. The summed E-state index contributed by atoms with van der Waals surface area (Å²) in [5, 5.41) is 11.5. The first kappa shape index (κ1) is 16.0. The molecule has 1 heterocycles. The summed E-state index contributed by atoms with van der Waals surface area (Å²) in [4.78, 5) is 25.4. The van der Waals surface area contributed by atoms with Crippen molar-refractivity contribution in [3.63, 3.8) is 0 Å². The van der Waals surface area contributed by atoms with Crippen molar-refractivity contribution in [2.75, 3.05) is 26.7 Å². The molecule has 1 aromatic carbocycles. The fraction of sp³-hybridized carbons (Fsp3) is 0.375. The summed E-state index contributed by atoms with van der Waals surface area (Å²) >= 11 is 5.93. The maximum absolute atomic E-state index is 14.4. The summed E-state index contributed by atoms with van der Waals surface area (Å²) in [6, 6.07) is 1.33. The lowest BCUT2D eigenvalue weighted by Gasteiger charge is -2.28. The third-order valence-corrected chi connectivity index (χ3v) is 4.70. The molecule has 5 nitrogen and oxygen atoms in total. The molecule has 0 saturated heterocycles. The lowest BCUT2D eigenvalue weighted by atomic mass is 9.95. The highest BCUT2D eigenvalue weighted by Crippen LogP contribution is 2.42. The van der Waals surface area contributed by atoms with Crippen LogP contribution in [0.1, 0.15) is 27.9 Å². The van der Waals surface area contributed by atoms with Gasteiger partial charge in [0.05, 0.1) is 5.02 Å². The van der Waals surface area contributed by atoms with Crippen molar-refractivity contribution in [2.45, 2.75) is 12.8 Å². The van der Waals surface area contributed by atoms with Gasteiger partial charge in [-0.2, -0.15) is 0 Å². The van der Waals surface area contributed by atoms with E-state index >= 15 is 0 Å². The smallest absolute Gasteiger partial charge is 0.251 e. The van der Waals surface area contributed by atoms with Gasteiger partial charge in [0, 0.05) is 31.3 Å². The minimum atomic E-state index is -0.563. The second kappa shape index (κ2) is 5.94. The van der Waals surface area contributed by atoms with Crippen LogP contribution in [0.15, 0.2) is 11.6 Å². The largest absolute Gasteiger partial charge is 0.387 e. The standard InChI is InChI=1S/C16H16ClFN2O3/c1-19-16(23)10-5-12(17)15(18)9-4-8-2-3-20(13(22)7-21)6-11(8)14(9)10/h5,21H,2-4,6-7H2,1H3,(H,19,23). The highest BCUT2D eigenvalue weighted by molar-refractivity contribution is 6.31. The van der Waals surface area contributed by atoms with Crippen molar-refractivity contribution < 1.29 is 19.1 Å². The molecule has 122 valence electrons. The second-order valence-corrected chi connectivity index (χ2v) is 6.04. The molecule has 2 amide bonds. The number of carbonyl (C=O) groups is 2. The Kier molecular flexibility index (Phi) is 4.12. The predicted octanol–water partition coefficient (Wildman–Crippen LogP) is 1.37. The number of halogens is 2. The Morgan fingerprint density at radius 3 is 2.87 bits per heavy atom. The number of rotatable bonds is 2. The Balaban J connectivity index is 2.10. The summed E-state index contributed by atoms with van der Waals surface area (Å²) in [6.07, 6.45) is 1.00. The van der Waals surface area contributed by atoms with E-state index in [4.69, 9.17) is 16.7 Å². The first-order valence-corrected chi connectivity index (χ1v) is 7.68. The van der Waals surface area contributed by atoms with Crippen LogP contribution in [0.2, 0.25) is 5.02 Å². The van der Waals surface area contributed by atoms with Crippen LogP contribution in [0.25, 0.3) is 5.57 Å². The van der Waals surface area contributed by atoms with Gasteiger partial charge in [0.2, 0.25) is 5.91 Å². The van der Waals surface area contributed by atoms with E-state index in [-0.39, 0.29) is 23.4 Å². The minimum absolute atomic E-state index is 0.0783. The zero-order valence-corrected chi connectivity index (χ0v) is 13.3. The van der Waals surface area contributed by atoms with Gasteiger partial charge >= 0.3 is 0 Å². The van der Waals surface area contributed by atoms with Gasteiger partial charge in [-0.3, -0.25) is 9.59 Å². The molecule has 23 heavy (non-hydrogen) atoms. The highest BCUT2D eigenvalue weighted by Gasteiger charge is 2.34. The van der Waals surface area contributed by atoms with Gasteiger partial charge in [-0.15, -0.1) is 0 Å². The predicted molar refractivity (Wildman–Crippen MR) is 83.7 cm³/mol. The molecule has 1 aliphatic heterocycles. The highest BCUT2D eigenvalue weighted by atomic mass is 35.5. The van der Waals surface area contributed by atoms with Crippen LogP contribution < -0.4 is 5.32 Å². The van der Waals surface area contributed by atoms with Crippen LogP contribution in [-0.2, 0) is 11.2 Å². The monoisotopic (exact) mass is 338 g/mol. The zero-order valence-electron chi connectivity index (χ0n) is 12.6. The van der Waals surface area contributed by atoms with Gasteiger partial charge in [-0.25, -0.2) is 4.39 Å². The number of hydrogen-bond donors (Lipinski definition) is 2. The molecule has 2 N–H and O–H groups in total. The lowest BCUT2D eigenvalue weighted by Crippen LogP contribution is -2.38. The molecule has 0 saturated carbocycles. The lowest BCUT2D eigenvalue weighted by molar-refractivity contribution is -0.133. The van der Waals surface area contributed by atoms with Crippen molar-refractivity contribution in [2.24, 2.45) is 0 Å². The Bertz CT molecular complexity index is 745. The third kappa shape index (κ3) is 2.52. The topological polar surface area (TPSA) is 69.6 Å². The van der Waals surface area contributed by atoms with E-state index in [0.29, 0.717) is 36.1 Å². The van der Waals surface area contributed by atoms with E-state index in [1.54, 1.807) is 0 Å². The zero-order chi connectivity index (χ0) is 16.7. The van der Waals surface area contributed by atoms with Crippen molar-refractivity contribution in [3.8, 4) is 0 Å². The van der Waals surface area contributed by atoms with E-state index in [1.807, 2.05) is 0 Å². The molecule has 0 unspecified atom stereocenters. The first-order valence-electron chi connectivity index (χ1n) is 7.30. The number of hydrogen-bond acceptors (Lipinski definition) is 3. The molecule has 0 atom stereocenters. The number of carbonyl (C=O) groups excluding carboxylic acids is 2. The van der Waals surface area contributed by atoms with Gasteiger partial charge in [-0.1, -0.05) is 17.2 Å². The first-order chi connectivity index (χ1) is 11.0. The number of aliphatic hydroxyl groups is 1. The van der Waals surface area contributed by atoms with Gasteiger partial charge in [0.25, 0.3) is 5.91 Å². The number of nitrogens with one attached hydrogen (secondary N) is 1. The average molecular weight is 339 g/mol. The van der Waals surface area contributed by atoms with Crippen LogP contribution in [0.3, 0.4) is 0 Å². The van der Waals surface area contributed by atoms with Crippen LogP contribution in [0.4, 0.5) is 4.39 Å². The van der Waals surface area contributed by atoms with Crippen LogP contribution >= 0.6 is 11.6 Å². The summed E-state index contributed by atoms with van der Waals surface area (Å²) in [6.45, 7) is 0.191. The fourth-order valence-electron chi connectivity index (χ4n) is 3.28. The molecule has 0 bridgehead atoms. The third-order valence-electron chi connectivity index (χ3n) is 4.43. The number of amides is 2. The van der Waals surface area contributed by atoms with Crippen LogP contribution in [-0.4, -0.2) is 48.6 Å². The van der Waals surface area contributed by atoms with E-state index in [0.717, 1.165) is 11.1 Å². The molecule has 7 heteroatoms. The summed E-state index contributed by atoms with van der Waals surface area (Å²) in [7, 11) is 1.50. The van der Waals surface area contributed by atoms with Crippen molar-refractivity contribution in [1.82, 2.24) is 10.2 Å². The van der Waals surface area contributed by atoms with E-state index in [2.05, 4.69) is 5.32 Å². The molecular formula is C16H16ClFN2O3. The molecule has 0 radical (unpaired) electrons. The van der Waals surface area contributed by atoms with Crippen LogP contribution in [0.5, 0.6) is 0 Å². The normalized spacial score (nSPS) is 16.3. The Hall–Kier alpha value is -1.92. The molecule has 1 aromatic rings. The summed E-state index contributed by atoms with van der Waals surface area (Å²) < 4.78 is 14.4. The molecule has 0 spiro atoms. The molecular weight excluding hydrogens is 323 g/mol. The Labute approximate surface area is 137 Å². The Morgan fingerprint density at radius 2 is 2.22 bits per heavy atom. The van der Waals surface area contributed by atoms with E-state index in [1.165, 1.54) is 18.0 Å². The molecule has 3 rings (SSSR count). The van der Waals surface area contributed by atoms with Gasteiger partial charge in [0.15, 0.2) is 0 Å². The van der Waals surface area contributed by atoms with Gasteiger partial charge < -0.3 is 15.3 Å². The molecule has 0 aromatic heterocycles. The molecule has 2 aliphatic rings. The fourth-order valence-corrected chi connectivity index (χ4v) is 3.51. The average Bonchev–Trinajstić information content (AvgIpc) is 2.95. The second-order valence-electron chi connectivity index (χ2n) is 5.63. The number of nitrogens with zero attached hydrogens (tertiary/aromatic N) is 1. The van der Waals surface area contributed by atoms with Crippen molar-refractivity contribution in [1.29, 1.82) is 0 Å². The van der Waals surface area contributed by atoms with E-state index < -0.39 is 12.4 Å².